The van der Waals surface area contributed by atoms with Crippen molar-refractivity contribution in [2.24, 2.45) is 7.05 Å². The van der Waals surface area contributed by atoms with Gasteiger partial charge < -0.3 is 14.4 Å². The lowest BCUT2D eigenvalue weighted by molar-refractivity contribution is -0.384. The Hall–Kier alpha value is -3.16. The van der Waals surface area contributed by atoms with E-state index < -0.39 is 4.92 Å². The minimum atomic E-state index is -0.526. The van der Waals surface area contributed by atoms with Crippen molar-refractivity contribution in [3.63, 3.8) is 0 Å². The van der Waals surface area contributed by atoms with Crippen LogP contribution in [0.4, 0.5) is 5.69 Å². The molecular formula is C23H32N4O4. The number of unbranched alkanes of at least 4 members (excludes halogenated alkanes) is 1. The second-order valence-corrected chi connectivity index (χ2v) is 7.78. The third kappa shape index (κ3) is 6.41. The van der Waals surface area contributed by atoms with E-state index in [4.69, 9.17) is 0 Å². The summed E-state index contributed by atoms with van der Waals surface area (Å²) in [4.78, 5) is 40.3. The largest absolute Gasteiger partial charge is 0.353 e. The molecule has 1 aromatic heterocycles. The maximum absolute atomic E-state index is 13.2. The number of aryl methyl sites for hydroxylation is 1. The molecule has 1 atom stereocenters. The van der Waals surface area contributed by atoms with Gasteiger partial charge in [0.25, 0.3) is 11.6 Å². The van der Waals surface area contributed by atoms with Crippen LogP contribution in [0.3, 0.4) is 0 Å². The number of hydrogen-bond donors (Lipinski definition) is 0. The van der Waals surface area contributed by atoms with Crippen LogP contribution in [0.15, 0.2) is 42.6 Å². The second-order valence-electron chi connectivity index (χ2n) is 7.78. The number of nitro benzene ring substituents is 1. The lowest BCUT2D eigenvalue weighted by Crippen LogP contribution is -2.46. The van der Waals surface area contributed by atoms with Crippen molar-refractivity contribution < 1.29 is 14.5 Å². The average molecular weight is 429 g/mol. The molecule has 8 nitrogen and oxygen atoms in total. The molecule has 0 bridgehead atoms. The van der Waals surface area contributed by atoms with Gasteiger partial charge in [-0.05, 0) is 38.0 Å². The van der Waals surface area contributed by atoms with Crippen LogP contribution in [0.2, 0.25) is 0 Å². The van der Waals surface area contributed by atoms with E-state index in [1.54, 1.807) is 11.0 Å². The van der Waals surface area contributed by atoms with Gasteiger partial charge in [0.15, 0.2) is 0 Å². The minimum absolute atomic E-state index is 0.0648. The molecule has 0 N–H and O–H groups in total. The molecule has 0 saturated heterocycles. The minimum Gasteiger partial charge on any atom is -0.353 e. The molecule has 0 unspecified atom stereocenters. The molecule has 0 aliphatic heterocycles. The van der Waals surface area contributed by atoms with E-state index in [1.807, 2.05) is 43.8 Å². The van der Waals surface area contributed by atoms with Gasteiger partial charge in [0, 0.05) is 49.2 Å². The molecule has 8 heteroatoms. The number of aromatic nitrogens is 1. The Morgan fingerprint density at radius 1 is 1.19 bits per heavy atom. The van der Waals surface area contributed by atoms with Crippen molar-refractivity contribution in [2.75, 3.05) is 13.1 Å². The smallest absolute Gasteiger partial charge is 0.270 e. The highest BCUT2D eigenvalue weighted by molar-refractivity contribution is 5.97. The summed E-state index contributed by atoms with van der Waals surface area (Å²) >= 11 is 0. The SMILES string of the molecule is CCCCN(Cc1cccn1C)C(=O)CN(C(=O)c1cccc([N+](=O)[O-])c1)[C@@H](C)CC. The highest BCUT2D eigenvalue weighted by Crippen LogP contribution is 2.18. The Morgan fingerprint density at radius 2 is 1.94 bits per heavy atom. The van der Waals surface area contributed by atoms with Gasteiger partial charge in [-0.25, -0.2) is 0 Å². The van der Waals surface area contributed by atoms with Crippen LogP contribution in [-0.2, 0) is 18.4 Å². The van der Waals surface area contributed by atoms with Gasteiger partial charge in [-0.15, -0.1) is 0 Å². The number of non-ortho nitro benzene ring substituents is 1. The van der Waals surface area contributed by atoms with Gasteiger partial charge in [0.1, 0.15) is 6.54 Å². The molecular weight excluding hydrogens is 396 g/mol. The molecule has 0 saturated carbocycles. The molecule has 0 radical (unpaired) electrons. The molecule has 0 spiro atoms. The Morgan fingerprint density at radius 3 is 2.52 bits per heavy atom. The summed E-state index contributed by atoms with van der Waals surface area (Å²) in [5.41, 5.74) is 1.09. The zero-order chi connectivity index (χ0) is 23.0. The van der Waals surface area contributed by atoms with E-state index >= 15 is 0 Å². The van der Waals surface area contributed by atoms with Crippen molar-refractivity contribution in [1.82, 2.24) is 14.4 Å². The zero-order valence-electron chi connectivity index (χ0n) is 18.8. The van der Waals surface area contributed by atoms with Gasteiger partial charge in [-0.2, -0.15) is 0 Å². The molecule has 2 amide bonds. The first-order valence-electron chi connectivity index (χ1n) is 10.7. The van der Waals surface area contributed by atoms with Crippen molar-refractivity contribution in [3.8, 4) is 0 Å². The molecule has 31 heavy (non-hydrogen) atoms. The topological polar surface area (TPSA) is 88.7 Å². The van der Waals surface area contributed by atoms with Crippen LogP contribution in [-0.4, -0.2) is 50.2 Å². The summed E-state index contributed by atoms with van der Waals surface area (Å²) in [6, 6.07) is 9.39. The number of benzene rings is 1. The third-order valence-electron chi connectivity index (χ3n) is 5.53. The first-order valence-corrected chi connectivity index (χ1v) is 10.7. The molecule has 0 aliphatic rings. The molecule has 1 aromatic carbocycles. The van der Waals surface area contributed by atoms with E-state index in [9.17, 15) is 19.7 Å². The summed E-state index contributed by atoms with van der Waals surface area (Å²) in [6.07, 6.45) is 4.44. The van der Waals surface area contributed by atoms with Gasteiger partial charge in [-0.1, -0.05) is 26.3 Å². The number of rotatable bonds is 11. The monoisotopic (exact) mass is 428 g/mol. The fourth-order valence-electron chi connectivity index (χ4n) is 3.31. The predicted octanol–water partition coefficient (Wildman–Crippen LogP) is 4.00. The Labute approximate surface area is 183 Å². The third-order valence-corrected chi connectivity index (χ3v) is 5.53. The fourth-order valence-corrected chi connectivity index (χ4v) is 3.31. The van der Waals surface area contributed by atoms with E-state index in [0.717, 1.165) is 18.5 Å². The second kappa shape index (κ2) is 11.3. The van der Waals surface area contributed by atoms with E-state index in [0.29, 0.717) is 19.5 Å². The maximum Gasteiger partial charge on any atom is 0.270 e. The number of amides is 2. The first-order chi connectivity index (χ1) is 14.8. The summed E-state index contributed by atoms with van der Waals surface area (Å²) in [7, 11) is 1.94. The quantitative estimate of drug-likeness (QED) is 0.400. The Kier molecular flexibility index (Phi) is 8.78. The van der Waals surface area contributed by atoms with Crippen LogP contribution in [0.25, 0.3) is 0 Å². The van der Waals surface area contributed by atoms with Crippen LogP contribution in [0.1, 0.15) is 56.1 Å². The predicted molar refractivity (Wildman–Crippen MR) is 120 cm³/mol. The van der Waals surface area contributed by atoms with Crippen molar-refractivity contribution in [2.45, 2.75) is 52.6 Å². The van der Waals surface area contributed by atoms with Crippen LogP contribution >= 0.6 is 0 Å². The normalized spacial score (nSPS) is 11.7. The molecule has 2 rings (SSSR count). The number of hydrogen-bond acceptors (Lipinski definition) is 4. The van der Waals surface area contributed by atoms with Gasteiger partial charge in [0.2, 0.25) is 5.91 Å². The van der Waals surface area contributed by atoms with Crippen molar-refractivity contribution in [3.05, 3.63) is 64.0 Å². The number of nitrogens with zero attached hydrogens (tertiary/aromatic N) is 4. The van der Waals surface area contributed by atoms with Gasteiger partial charge >= 0.3 is 0 Å². The van der Waals surface area contributed by atoms with Crippen LogP contribution < -0.4 is 0 Å². The maximum atomic E-state index is 13.2. The number of carbonyl (C=O) groups excluding carboxylic acids is 2. The van der Waals surface area contributed by atoms with Crippen LogP contribution in [0.5, 0.6) is 0 Å². The number of carbonyl (C=O) groups is 2. The van der Waals surface area contributed by atoms with Crippen LogP contribution in [0, 0.1) is 10.1 Å². The average Bonchev–Trinajstić information content (AvgIpc) is 3.18. The molecule has 168 valence electrons. The lowest BCUT2D eigenvalue weighted by Gasteiger charge is -2.31. The summed E-state index contributed by atoms with van der Waals surface area (Å²) in [5, 5.41) is 11.1. The molecule has 0 fully saturated rings. The summed E-state index contributed by atoms with van der Waals surface area (Å²) in [5.74, 6) is -0.505. The zero-order valence-corrected chi connectivity index (χ0v) is 18.8. The number of nitro groups is 1. The van der Waals surface area contributed by atoms with Gasteiger partial charge in [-0.3, -0.25) is 19.7 Å². The molecule has 1 heterocycles. The van der Waals surface area contributed by atoms with Crippen molar-refractivity contribution in [1.29, 1.82) is 0 Å². The Bertz CT molecular complexity index is 908. The summed E-state index contributed by atoms with van der Waals surface area (Å²) < 4.78 is 1.98. The Balaban J connectivity index is 2.25. The first kappa shape index (κ1) is 24.1. The van der Waals surface area contributed by atoms with E-state index in [-0.39, 0.29) is 35.7 Å². The molecule has 0 aliphatic carbocycles. The van der Waals surface area contributed by atoms with E-state index in [2.05, 4.69) is 6.92 Å². The van der Waals surface area contributed by atoms with Crippen molar-refractivity contribution >= 4 is 17.5 Å². The highest BCUT2D eigenvalue weighted by Gasteiger charge is 2.26. The summed E-state index contributed by atoms with van der Waals surface area (Å²) in [6.45, 7) is 6.92. The fraction of sp³-hybridized carbons (Fsp3) is 0.478. The van der Waals surface area contributed by atoms with E-state index in [1.165, 1.54) is 23.1 Å². The lowest BCUT2D eigenvalue weighted by atomic mass is 10.1. The van der Waals surface area contributed by atoms with Gasteiger partial charge in [0.05, 0.1) is 11.5 Å². The standard InChI is InChI=1S/C23H32N4O4/c1-5-7-14-25(16-21-12-9-13-24(21)4)22(28)17-26(18(3)6-2)23(29)19-10-8-11-20(15-19)27(30)31/h8-13,15,18H,5-7,14,16-17H2,1-4H3/t18-/m0/s1. The highest BCUT2D eigenvalue weighted by atomic mass is 16.6. The molecule has 2 aromatic rings.